The van der Waals surface area contributed by atoms with E-state index in [4.69, 9.17) is 0 Å². The summed E-state index contributed by atoms with van der Waals surface area (Å²) in [4.78, 5) is 29.7. The van der Waals surface area contributed by atoms with Crippen molar-refractivity contribution < 1.29 is 4.79 Å². The first kappa shape index (κ1) is 20.3. The van der Waals surface area contributed by atoms with Gasteiger partial charge in [0.1, 0.15) is 0 Å². The third-order valence-electron chi connectivity index (χ3n) is 5.58. The molecule has 0 amide bonds. The van der Waals surface area contributed by atoms with Crippen LogP contribution in [0.25, 0.3) is 27.6 Å². The Morgan fingerprint density at radius 3 is 2.66 bits per heavy atom. The minimum atomic E-state index is -0.404. The highest BCUT2D eigenvalue weighted by atomic mass is 32.2. The predicted molar refractivity (Wildman–Crippen MR) is 128 cm³/mol. The minimum absolute atomic E-state index is 0.0189. The smallest absolute Gasteiger partial charge is 0.263 e. The number of nitrogens with one attached hydrogen (secondary N) is 1. The number of para-hydroxylation sites is 2. The number of H-pyrrole nitrogens is 1. The van der Waals surface area contributed by atoms with Crippen LogP contribution in [-0.4, -0.2) is 35.2 Å². The number of Topliss-reactive ketones (excluding diaryl/α,β-unsaturated/α-hetero) is 1. The summed E-state index contributed by atoms with van der Waals surface area (Å²) in [5.74, 6) is 0.449. The van der Waals surface area contributed by atoms with Crippen molar-refractivity contribution in [3.8, 4) is 0 Å². The van der Waals surface area contributed by atoms with Crippen LogP contribution in [0.1, 0.15) is 23.0 Å². The molecule has 0 fully saturated rings. The van der Waals surface area contributed by atoms with Gasteiger partial charge in [-0.2, -0.15) is 0 Å². The molecule has 0 aliphatic heterocycles. The van der Waals surface area contributed by atoms with Gasteiger partial charge in [-0.25, -0.2) is 0 Å². The number of rotatable bonds is 6. The van der Waals surface area contributed by atoms with Crippen molar-refractivity contribution in [2.24, 2.45) is 0 Å². The molecule has 2 aromatic carbocycles. The quantitative estimate of drug-likeness (QED) is 0.239. The summed E-state index contributed by atoms with van der Waals surface area (Å²) in [7, 11) is 0. The number of thioether (sulfide) groups is 1. The molecule has 0 spiro atoms. The summed E-state index contributed by atoms with van der Waals surface area (Å²) in [6.45, 7) is 7.86. The van der Waals surface area contributed by atoms with Gasteiger partial charge in [0, 0.05) is 28.7 Å². The first-order chi connectivity index (χ1) is 15.5. The number of aromatic nitrogens is 5. The molecule has 1 unspecified atom stereocenters. The molecule has 5 aromatic rings. The highest BCUT2D eigenvalue weighted by molar-refractivity contribution is 8.00. The van der Waals surface area contributed by atoms with Gasteiger partial charge in [-0.15, -0.1) is 16.8 Å². The zero-order chi connectivity index (χ0) is 22.4. The first-order valence-electron chi connectivity index (χ1n) is 10.3. The molecule has 0 saturated heterocycles. The molecule has 3 heterocycles. The molecule has 1 atom stereocenters. The van der Waals surface area contributed by atoms with E-state index in [-0.39, 0.29) is 11.3 Å². The predicted octanol–water partition coefficient (Wildman–Crippen LogP) is 4.38. The summed E-state index contributed by atoms with van der Waals surface area (Å²) in [6.07, 6.45) is 1.66. The van der Waals surface area contributed by atoms with Crippen molar-refractivity contribution in [2.75, 3.05) is 0 Å². The number of allylic oxidation sites excluding steroid dienone is 1. The second kappa shape index (κ2) is 7.80. The van der Waals surface area contributed by atoms with Gasteiger partial charge in [0.2, 0.25) is 5.78 Å². The van der Waals surface area contributed by atoms with Crippen molar-refractivity contribution >= 4 is 45.1 Å². The topological polar surface area (TPSA) is 85.0 Å². The first-order valence-corrected chi connectivity index (χ1v) is 11.1. The van der Waals surface area contributed by atoms with Crippen molar-refractivity contribution in [3.05, 3.63) is 82.8 Å². The fourth-order valence-corrected chi connectivity index (χ4v) is 5.03. The van der Waals surface area contributed by atoms with E-state index in [1.807, 2.05) is 60.7 Å². The third kappa shape index (κ3) is 3.06. The SMILES string of the molecule is C=CCn1c(=O)c2ccccc2n2c(SC(C)C(=O)c3c(C)[nH]c4ccccc34)nnc12. The number of hydrogen-bond acceptors (Lipinski definition) is 5. The Hall–Kier alpha value is -3.65. The molecule has 0 saturated carbocycles. The number of hydrogen-bond donors (Lipinski definition) is 1. The maximum absolute atomic E-state index is 13.4. The van der Waals surface area contributed by atoms with E-state index in [1.165, 1.54) is 11.8 Å². The molecule has 160 valence electrons. The fraction of sp³-hybridized carbons (Fsp3) is 0.167. The van der Waals surface area contributed by atoms with Crippen molar-refractivity contribution in [1.82, 2.24) is 24.1 Å². The molecule has 0 bridgehead atoms. The maximum Gasteiger partial charge on any atom is 0.263 e. The van der Waals surface area contributed by atoms with Gasteiger partial charge in [0.15, 0.2) is 10.9 Å². The highest BCUT2D eigenvalue weighted by Crippen LogP contribution is 2.30. The lowest BCUT2D eigenvalue weighted by Crippen LogP contribution is -2.23. The number of aryl methyl sites for hydroxylation is 1. The molecule has 0 radical (unpaired) electrons. The van der Waals surface area contributed by atoms with E-state index in [1.54, 1.807) is 16.7 Å². The maximum atomic E-state index is 13.4. The monoisotopic (exact) mass is 443 g/mol. The molecule has 1 N–H and O–H groups in total. The number of fused-ring (bicyclic) bond motifs is 4. The molecule has 3 aromatic heterocycles. The van der Waals surface area contributed by atoms with Crippen LogP contribution in [0.4, 0.5) is 0 Å². The summed E-state index contributed by atoms with van der Waals surface area (Å²) in [6, 6.07) is 15.2. The number of aromatic amines is 1. The average molecular weight is 444 g/mol. The number of nitrogens with zero attached hydrogens (tertiary/aromatic N) is 4. The highest BCUT2D eigenvalue weighted by Gasteiger charge is 2.25. The minimum Gasteiger partial charge on any atom is -0.358 e. The van der Waals surface area contributed by atoms with Gasteiger partial charge in [0.05, 0.1) is 16.2 Å². The van der Waals surface area contributed by atoms with E-state index in [9.17, 15) is 9.59 Å². The summed E-state index contributed by atoms with van der Waals surface area (Å²) >= 11 is 1.34. The molecule has 8 heteroatoms. The van der Waals surface area contributed by atoms with Crippen LogP contribution in [0.2, 0.25) is 0 Å². The molecule has 7 nitrogen and oxygen atoms in total. The summed E-state index contributed by atoms with van der Waals surface area (Å²) in [5, 5.41) is 10.3. The Labute approximate surface area is 187 Å². The van der Waals surface area contributed by atoms with Crippen LogP contribution in [-0.2, 0) is 6.54 Å². The zero-order valence-corrected chi connectivity index (χ0v) is 18.5. The van der Waals surface area contributed by atoms with Gasteiger partial charge in [-0.1, -0.05) is 48.2 Å². The zero-order valence-electron chi connectivity index (χ0n) is 17.7. The molecular formula is C24H21N5O2S. The van der Waals surface area contributed by atoms with Crippen LogP contribution in [0, 0.1) is 6.92 Å². The van der Waals surface area contributed by atoms with Crippen molar-refractivity contribution in [3.63, 3.8) is 0 Å². The van der Waals surface area contributed by atoms with Crippen molar-refractivity contribution in [2.45, 2.75) is 30.8 Å². The largest absolute Gasteiger partial charge is 0.358 e. The van der Waals surface area contributed by atoms with Crippen LogP contribution in [0.5, 0.6) is 0 Å². The van der Waals surface area contributed by atoms with E-state index >= 15 is 0 Å². The molecular weight excluding hydrogens is 422 g/mol. The van der Waals surface area contributed by atoms with Crippen LogP contribution >= 0.6 is 11.8 Å². The van der Waals surface area contributed by atoms with E-state index in [0.717, 1.165) is 16.6 Å². The van der Waals surface area contributed by atoms with Crippen molar-refractivity contribution in [1.29, 1.82) is 0 Å². The Kier molecular flexibility index (Phi) is 4.94. The summed E-state index contributed by atoms with van der Waals surface area (Å²) in [5.41, 5.74) is 3.06. The fourth-order valence-electron chi connectivity index (χ4n) is 4.11. The number of ketones is 1. The van der Waals surface area contributed by atoms with Gasteiger partial charge in [-0.05, 0) is 32.0 Å². The molecule has 5 rings (SSSR count). The number of benzene rings is 2. The normalized spacial score (nSPS) is 12.6. The van der Waals surface area contributed by atoms with Crippen LogP contribution in [0.3, 0.4) is 0 Å². The average Bonchev–Trinajstić information content (AvgIpc) is 3.36. The Morgan fingerprint density at radius 1 is 1.16 bits per heavy atom. The van der Waals surface area contributed by atoms with Crippen LogP contribution < -0.4 is 5.56 Å². The molecule has 32 heavy (non-hydrogen) atoms. The van der Waals surface area contributed by atoms with E-state index in [0.29, 0.717) is 33.9 Å². The lowest BCUT2D eigenvalue weighted by atomic mass is 10.1. The van der Waals surface area contributed by atoms with E-state index < -0.39 is 5.25 Å². The lowest BCUT2D eigenvalue weighted by molar-refractivity contribution is 0.0995. The van der Waals surface area contributed by atoms with E-state index in [2.05, 4.69) is 21.8 Å². The Morgan fingerprint density at radius 2 is 1.88 bits per heavy atom. The summed E-state index contributed by atoms with van der Waals surface area (Å²) < 4.78 is 3.39. The van der Waals surface area contributed by atoms with Gasteiger partial charge in [0.25, 0.3) is 5.56 Å². The lowest BCUT2D eigenvalue weighted by Gasteiger charge is -2.12. The third-order valence-corrected chi connectivity index (χ3v) is 6.62. The Bertz CT molecular complexity index is 1580. The second-order valence-corrected chi connectivity index (χ2v) is 8.94. The molecule has 0 aliphatic carbocycles. The Balaban J connectivity index is 1.61. The number of carbonyl (C=O) groups excluding carboxylic acids is 1. The van der Waals surface area contributed by atoms with Gasteiger partial charge >= 0.3 is 0 Å². The second-order valence-electron chi connectivity index (χ2n) is 7.63. The van der Waals surface area contributed by atoms with Crippen LogP contribution in [0.15, 0.2) is 71.1 Å². The van der Waals surface area contributed by atoms with Gasteiger partial charge in [-0.3, -0.25) is 18.6 Å². The number of carbonyl (C=O) groups is 1. The molecule has 0 aliphatic rings. The standard InChI is InChI=1S/C24H21N5O2S/c1-4-13-28-22(31)17-10-6-8-12-19(17)29-23(28)26-27-24(29)32-15(3)21(30)20-14(2)25-18-11-7-5-9-16(18)20/h4-12,15,25H,1,13H2,2-3H3. The van der Waals surface area contributed by atoms with Gasteiger partial charge < -0.3 is 4.98 Å².